The van der Waals surface area contributed by atoms with Crippen molar-refractivity contribution in [1.82, 2.24) is 10.2 Å². The van der Waals surface area contributed by atoms with E-state index in [0.29, 0.717) is 6.54 Å². The van der Waals surface area contributed by atoms with Crippen molar-refractivity contribution in [3.8, 4) is 0 Å². The summed E-state index contributed by atoms with van der Waals surface area (Å²) in [5.74, 6) is -1.35. The molecule has 0 saturated carbocycles. The molecule has 0 bridgehead atoms. The van der Waals surface area contributed by atoms with E-state index in [9.17, 15) is 9.59 Å². The summed E-state index contributed by atoms with van der Waals surface area (Å²) in [6.45, 7) is 6.22. The van der Waals surface area contributed by atoms with Gasteiger partial charge in [0.2, 0.25) is 0 Å². The monoisotopic (exact) mass is 232 g/mol. The summed E-state index contributed by atoms with van der Waals surface area (Å²) in [6, 6.07) is -0.393. The maximum Gasteiger partial charge on any atom is 0.334 e. The Hall–Kier alpha value is -1.30. The number of urea groups is 1. The summed E-state index contributed by atoms with van der Waals surface area (Å²) in [4.78, 5) is 23.2. The van der Waals surface area contributed by atoms with Crippen molar-refractivity contribution < 1.29 is 19.8 Å². The minimum Gasteiger partial charge on any atom is -0.479 e. The molecule has 0 aliphatic rings. The maximum absolute atomic E-state index is 11.5. The zero-order valence-corrected chi connectivity index (χ0v) is 10.1. The number of nitrogens with zero attached hydrogens (tertiary/aromatic N) is 1. The van der Waals surface area contributed by atoms with Crippen LogP contribution in [0, 0.1) is 5.41 Å². The van der Waals surface area contributed by atoms with E-state index in [1.54, 1.807) is 7.05 Å². The SMILES string of the molecule is CN(CC(C)(C)C)C(=O)NCC(O)C(=O)O. The Labute approximate surface area is 95.2 Å². The van der Waals surface area contributed by atoms with Crippen molar-refractivity contribution in [2.45, 2.75) is 26.9 Å². The summed E-state index contributed by atoms with van der Waals surface area (Å²) in [7, 11) is 1.62. The largest absolute Gasteiger partial charge is 0.479 e. The molecule has 0 saturated heterocycles. The molecule has 0 radical (unpaired) electrons. The van der Waals surface area contributed by atoms with Gasteiger partial charge >= 0.3 is 12.0 Å². The zero-order valence-electron chi connectivity index (χ0n) is 10.1. The second-order valence-corrected chi connectivity index (χ2v) is 4.96. The quantitative estimate of drug-likeness (QED) is 0.642. The molecular weight excluding hydrogens is 212 g/mol. The summed E-state index contributed by atoms with van der Waals surface area (Å²) in [5.41, 5.74) is -0.0303. The molecule has 16 heavy (non-hydrogen) atoms. The highest BCUT2D eigenvalue weighted by molar-refractivity contribution is 5.76. The van der Waals surface area contributed by atoms with E-state index in [1.807, 2.05) is 20.8 Å². The third-order valence-corrected chi connectivity index (χ3v) is 1.79. The lowest BCUT2D eigenvalue weighted by atomic mass is 9.96. The Morgan fingerprint density at radius 1 is 1.38 bits per heavy atom. The number of hydrogen-bond donors (Lipinski definition) is 3. The molecule has 1 atom stereocenters. The van der Waals surface area contributed by atoms with Crippen LogP contribution in [0.3, 0.4) is 0 Å². The molecule has 0 aromatic rings. The highest BCUT2D eigenvalue weighted by Crippen LogP contribution is 2.13. The minimum absolute atomic E-state index is 0.0303. The second-order valence-electron chi connectivity index (χ2n) is 4.96. The second kappa shape index (κ2) is 5.69. The number of rotatable bonds is 4. The molecule has 0 heterocycles. The first-order valence-corrected chi connectivity index (χ1v) is 5.03. The smallest absolute Gasteiger partial charge is 0.334 e. The van der Waals surface area contributed by atoms with E-state index < -0.39 is 18.1 Å². The molecular formula is C10H20N2O4. The number of carboxylic acids is 1. The van der Waals surface area contributed by atoms with E-state index in [4.69, 9.17) is 10.2 Å². The van der Waals surface area contributed by atoms with Gasteiger partial charge in [-0.05, 0) is 5.41 Å². The van der Waals surface area contributed by atoms with Crippen molar-refractivity contribution >= 4 is 12.0 Å². The highest BCUT2D eigenvalue weighted by Gasteiger charge is 2.19. The molecule has 0 aromatic carbocycles. The molecule has 0 aliphatic heterocycles. The summed E-state index contributed by atoms with van der Waals surface area (Å²) >= 11 is 0. The topological polar surface area (TPSA) is 89.9 Å². The predicted octanol–water partition coefficient (Wildman–Crippen LogP) is 0.119. The van der Waals surface area contributed by atoms with Gasteiger partial charge in [0.15, 0.2) is 6.10 Å². The van der Waals surface area contributed by atoms with Crippen LogP contribution in [0.2, 0.25) is 0 Å². The van der Waals surface area contributed by atoms with Gasteiger partial charge < -0.3 is 20.4 Å². The lowest BCUT2D eigenvalue weighted by Gasteiger charge is -2.26. The van der Waals surface area contributed by atoms with Crippen molar-refractivity contribution in [2.75, 3.05) is 20.1 Å². The van der Waals surface area contributed by atoms with Crippen LogP contribution in [0.25, 0.3) is 0 Å². The summed E-state index contributed by atoms with van der Waals surface area (Å²) < 4.78 is 0. The van der Waals surface area contributed by atoms with Gasteiger partial charge in [-0.15, -0.1) is 0 Å². The minimum atomic E-state index is -1.56. The normalized spacial score (nSPS) is 13.1. The first-order valence-electron chi connectivity index (χ1n) is 5.03. The first kappa shape index (κ1) is 14.7. The molecule has 0 aromatic heterocycles. The van der Waals surface area contributed by atoms with Gasteiger partial charge in [0, 0.05) is 13.6 Å². The van der Waals surface area contributed by atoms with Crippen LogP contribution in [0.15, 0.2) is 0 Å². The van der Waals surface area contributed by atoms with Crippen molar-refractivity contribution in [2.24, 2.45) is 5.41 Å². The molecule has 0 fully saturated rings. The fraction of sp³-hybridized carbons (Fsp3) is 0.800. The number of carbonyl (C=O) groups is 2. The van der Waals surface area contributed by atoms with Gasteiger partial charge in [-0.25, -0.2) is 9.59 Å². The van der Waals surface area contributed by atoms with Crippen LogP contribution in [0.4, 0.5) is 4.79 Å². The van der Waals surface area contributed by atoms with E-state index in [1.165, 1.54) is 4.90 Å². The number of aliphatic hydroxyl groups is 1. The highest BCUT2D eigenvalue weighted by atomic mass is 16.4. The van der Waals surface area contributed by atoms with Gasteiger partial charge in [-0.2, -0.15) is 0 Å². The first-order chi connectivity index (χ1) is 7.13. The average Bonchev–Trinajstić information content (AvgIpc) is 2.10. The number of carbonyl (C=O) groups excluding carboxylic acids is 1. The van der Waals surface area contributed by atoms with E-state index in [2.05, 4.69) is 5.32 Å². The molecule has 6 heteroatoms. The van der Waals surface area contributed by atoms with Crippen LogP contribution in [-0.2, 0) is 4.79 Å². The fourth-order valence-electron chi connectivity index (χ4n) is 1.19. The molecule has 94 valence electrons. The maximum atomic E-state index is 11.5. The van der Waals surface area contributed by atoms with Crippen molar-refractivity contribution in [3.63, 3.8) is 0 Å². The molecule has 0 rings (SSSR count). The lowest BCUT2D eigenvalue weighted by molar-refractivity contribution is -0.146. The van der Waals surface area contributed by atoms with Gasteiger partial charge in [-0.3, -0.25) is 0 Å². The Kier molecular flexibility index (Phi) is 5.23. The third kappa shape index (κ3) is 6.23. The molecule has 6 nitrogen and oxygen atoms in total. The Bertz CT molecular complexity index is 260. The Morgan fingerprint density at radius 2 is 1.88 bits per heavy atom. The summed E-state index contributed by atoms with van der Waals surface area (Å²) in [6.07, 6.45) is -1.56. The molecule has 2 amide bonds. The fourth-order valence-corrected chi connectivity index (χ4v) is 1.19. The number of aliphatic hydroxyl groups excluding tert-OH is 1. The Morgan fingerprint density at radius 3 is 2.25 bits per heavy atom. The van der Waals surface area contributed by atoms with Gasteiger partial charge in [0.05, 0.1) is 6.54 Å². The van der Waals surface area contributed by atoms with Gasteiger partial charge in [0.25, 0.3) is 0 Å². The summed E-state index contributed by atoms with van der Waals surface area (Å²) in [5, 5.41) is 19.7. The average molecular weight is 232 g/mol. The van der Waals surface area contributed by atoms with E-state index in [0.717, 1.165) is 0 Å². The molecule has 3 N–H and O–H groups in total. The van der Waals surface area contributed by atoms with Crippen LogP contribution >= 0.6 is 0 Å². The third-order valence-electron chi connectivity index (χ3n) is 1.79. The van der Waals surface area contributed by atoms with Crippen LogP contribution in [0.5, 0.6) is 0 Å². The number of carboxylic acid groups (broad SMARTS) is 1. The van der Waals surface area contributed by atoms with Crippen molar-refractivity contribution in [1.29, 1.82) is 0 Å². The predicted molar refractivity (Wildman–Crippen MR) is 59.1 cm³/mol. The molecule has 1 unspecified atom stereocenters. The van der Waals surface area contributed by atoms with Crippen LogP contribution in [-0.4, -0.2) is 53.4 Å². The molecule has 0 aliphatic carbocycles. The van der Waals surface area contributed by atoms with Crippen LogP contribution in [0.1, 0.15) is 20.8 Å². The Balaban J connectivity index is 4.02. The number of amides is 2. The van der Waals surface area contributed by atoms with E-state index >= 15 is 0 Å². The van der Waals surface area contributed by atoms with Crippen LogP contribution < -0.4 is 5.32 Å². The lowest BCUT2D eigenvalue weighted by Crippen LogP contribution is -2.45. The van der Waals surface area contributed by atoms with E-state index in [-0.39, 0.29) is 12.0 Å². The standard InChI is InChI=1S/C10H20N2O4/c1-10(2,3)6-12(4)9(16)11-5-7(13)8(14)15/h7,13H,5-6H2,1-4H3,(H,11,16)(H,14,15). The van der Waals surface area contributed by atoms with Gasteiger partial charge in [0.1, 0.15) is 0 Å². The number of aliphatic carboxylic acids is 1. The number of hydrogen-bond acceptors (Lipinski definition) is 3. The zero-order chi connectivity index (χ0) is 12.9. The van der Waals surface area contributed by atoms with Crippen molar-refractivity contribution in [3.05, 3.63) is 0 Å². The number of nitrogens with one attached hydrogen (secondary N) is 1. The molecule has 0 spiro atoms. The van der Waals surface area contributed by atoms with Gasteiger partial charge in [-0.1, -0.05) is 20.8 Å².